The minimum atomic E-state index is 0.243. The molecule has 0 aliphatic heterocycles. The Morgan fingerprint density at radius 2 is 1.83 bits per heavy atom. The molecular formula is C15H16N2O. The van der Waals surface area contributed by atoms with Crippen molar-refractivity contribution >= 4 is 5.78 Å². The highest BCUT2D eigenvalue weighted by Crippen LogP contribution is 2.26. The zero-order valence-electron chi connectivity index (χ0n) is 10.7. The van der Waals surface area contributed by atoms with Gasteiger partial charge in [-0.05, 0) is 38.8 Å². The molecule has 0 unspecified atom stereocenters. The van der Waals surface area contributed by atoms with E-state index in [4.69, 9.17) is 0 Å². The van der Waals surface area contributed by atoms with Crippen LogP contribution in [0.4, 0.5) is 0 Å². The molecule has 1 heterocycles. The molecule has 18 heavy (non-hydrogen) atoms. The number of hydrogen-bond acceptors (Lipinski definition) is 2. The second-order valence-corrected chi connectivity index (χ2v) is 4.93. The van der Waals surface area contributed by atoms with Crippen molar-refractivity contribution in [3.05, 3.63) is 46.8 Å². The van der Waals surface area contributed by atoms with E-state index in [2.05, 4.69) is 36.3 Å². The zero-order valence-corrected chi connectivity index (χ0v) is 10.7. The lowest BCUT2D eigenvalue weighted by Gasteiger charge is -2.13. The standard InChI is InChI=1S/C15H16N2O/c1-10-6-8-12(9-7-10)17-13-4-3-5-14(18)15(13)11(2)16-17/h6-9H,3-5H2,1-2H3. The summed E-state index contributed by atoms with van der Waals surface area (Å²) in [7, 11) is 0. The molecule has 0 N–H and O–H groups in total. The predicted octanol–water partition coefficient (Wildman–Crippen LogP) is 3.01. The lowest BCUT2D eigenvalue weighted by molar-refractivity contribution is 0.0971. The maximum atomic E-state index is 12.0. The van der Waals surface area contributed by atoms with E-state index in [9.17, 15) is 4.79 Å². The fraction of sp³-hybridized carbons (Fsp3) is 0.333. The Bertz CT molecular complexity index is 608. The van der Waals surface area contributed by atoms with Crippen LogP contribution in [-0.2, 0) is 6.42 Å². The van der Waals surface area contributed by atoms with E-state index in [1.165, 1.54) is 5.56 Å². The minimum absolute atomic E-state index is 0.243. The van der Waals surface area contributed by atoms with Crippen molar-refractivity contribution in [1.29, 1.82) is 0 Å². The molecule has 1 aliphatic rings. The Kier molecular flexibility index (Phi) is 2.54. The van der Waals surface area contributed by atoms with Gasteiger partial charge in [0.15, 0.2) is 5.78 Å². The summed E-state index contributed by atoms with van der Waals surface area (Å²) < 4.78 is 1.93. The van der Waals surface area contributed by atoms with Crippen LogP contribution >= 0.6 is 0 Å². The molecule has 0 radical (unpaired) electrons. The first kappa shape index (κ1) is 11.2. The third-order valence-electron chi connectivity index (χ3n) is 3.53. The molecule has 2 aromatic rings. The van der Waals surface area contributed by atoms with Gasteiger partial charge in [-0.2, -0.15) is 5.10 Å². The molecule has 1 aromatic heterocycles. The fourth-order valence-electron chi connectivity index (χ4n) is 2.61. The number of aromatic nitrogens is 2. The van der Waals surface area contributed by atoms with Gasteiger partial charge in [-0.1, -0.05) is 17.7 Å². The van der Waals surface area contributed by atoms with E-state index in [1.807, 2.05) is 11.6 Å². The molecule has 92 valence electrons. The average molecular weight is 240 g/mol. The lowest BCUT2D eigenvalue weighted by Crippen LogP contribution is -2.13. The molecule has 0 spiro atoms. The van der Waals surface area contributed by atoms with Gasteiger partial charge in [-0.15, -0.1) is 0 Å². The minimum Gasteiger partial charge on any atom is -0.294 e. The Morgan fingerprint density at radius 1 is 1.11 bits per heavy atom. The van der Waals surface area contributed by atoms with Crippen LogP contribution in [0.2, 0.25) is 0 Å². The maximum absolute atomic E-state index is 12.0. The number of hydrogen-bond donors (Lipinski definition) is 0. The van der Waals surface area contributed by atoms with Crippen molar-refractivity contribution < 1.29 is 4.79 Å². The molecule has 1 aliphatic carbocycles. The van der Waals surface area contributed by atoms with E-state index >= 15 is 0 Å². The zero-order chi connectivity index (χ0) is 12.7. The highest BCUT2D eigenvalue weighted by atomic mass is 16.1. The SMILES string of the molecule is Cc1ccc(-n2nc(C)c3c2CCCC3=O)cc1. The summed E-state index contributed by atoms with van der Waals surface area (Å²) >= 11 is 0. The summed E-state index contributed by atoms with van der Waals surface area (Å²) in [5, 5.41) is 4.54. The quantitative estimate of drug-likeness (QED) is 0.768. The van der Waals surface area contributed by atoms with Crippen molar-refractivity contribution in [2.75, 3.05) is 0 Å². The number of Topliss-reactive ketones (excluding diaryl/α,β-unsaturated/α-hetero) is 1. The van der Waals surface area contributed by atoms with Crippen molar-refractivity contribution in [2.24, 2.45) is 0 Å². The summed E-state index contributed by atoms with van der Waals surface area (Å²) in [4.78, 5) is 12.0. The third-order valence-corrected chi connectivity index (χ3v) is 3.53. The molecule has 0 saturated heterocycles. The van der Waals surface area contributed by atoms with E-state index in [-0.39, 0.29) is 5.78 Å². The summed E-state index contributed by atoms with van der Waals surface area (Å²) in [5.41, 5.74) is 5.05. The second-order valence-electron chi connectivity index (χ2n) is 4.93. The van der Waals surface area contributed by atoms with Crippen molar-refractivity contribution in [3.8, 4) is 5.69 Å². The molecule has 3 rings (SSSR count). The molecule has 0 atom stereocenters. The van der Waals surface area contributed by atoms with Crippen LogP contribution in [0.5, 0.6) is 0 Å². The number of carbonyl (C=O) groups is 1. The summed E-state index contributed by atoms with van der Waals surface area (Å²) in [6.45, 7) is 3.99. The Morgan fingerprint density at radius 3 is 2.56 bits per heavy atom. The van der Waals surface area contributed by atoms with Gasteiger partial charge < -0.3 is 0 Å². The second kappa shape index (κ2) is 4.09. The van der Waals surface area contributed by atoms with Crippen LogP contribution in [0, 0.1) is 13.8 Å². The van der Waals surface area contributed by atoms with Gasteiger partial charge in [0.2, 0.25) is 0 Å². The van der Waals surface area contributed by atoms with E-state index in [1.54, 1.807) is 0 Å². The highest BCUT2D eigenvalue weighted by Gasteiger charge is 2.25. The first-order valence-corrected chi connectivity index (χ1v) is 6.35. The molecule has 1 aromatic carbocycles. The number of aryl methyl sites for hydroxylation is 2. The molecule has 0 bridgehead atoms. The van der Waals surface area contributed by atoms with Gasteiger partial charge in [0.1, 0.15) is 0 Å². The molecule has 0 fully saturated rings. The Labute approximate surface area is 106 Å². The molecule has 3 nitrogen and oxygen atoms in total. The number of benzene rings is 1. The van der Waals surface area contributed by atoms with Gasteiger partial charge in [0, 0.05) is 6.42 Å². The molecule has 3 heteroatoms. The van der Waals surface area contributed by atoms with Crippen molar-refractivity contribution in [1.82, 2.24) is 9.78 Å². The summed E-state index contributed by atoms with van der Waals surface area (Å²) in [5.74, 6) is 0.243. The van der Waals surface area contributed by atoms with Crippen LogP contribution in [0.3, 0.4) is 0 Å². The van der Waals surface area contributed by atoms with Gasteiger partial charge in [0.05, 0.1) is 22.6 Å². The van der Waals surface area contributed by atoms with Crippen LogP contribution < -0.4 is 0 Å². The van der Waals surface area contributed by atoms with Crippen LogP contribution in [-0.4, -0.2) is 15.6 Å². The number of nitrogens with zero attached hydrogens (tertiary/aromatic N) is 2. The van der Waals surface area contributed by atoms with Crippen LogP contribution in [0.25, 0.3) is 5.69 Å². The topological polar surface area (TPSA) is 34.9 Å². The maximum Gasteiger partial charge on any atom is 0.166 e. The molecule has 0 saturated carbocycles. The fourth-order valence-corrected chi connectivity index (χ4v) is 2.61. The van der Waals surface area contributed by atoms with Gasteiger partial charge >= 0.3 is 0 Å². The summed E-state index contributed by atoms with van der Waals surface area (Å²) in [6, 6.07) is 8.26. The van der Waals surface area contributed by atoms with Gasteiger partial charge in [0.25, 0.3) is 0 Å². The monoisotopic (exact) mass is 240 g/mol. The molecule has 0 amide bonds. The normalized spacial score (nSPS) is 14.7. The number of ketones is 1. The summed E-state index contributed by atoms with van der Waals surface area (Å²) in [6.07, 6.45) is 2.53. The third kappa shape index (κ3) is 1.67. The van der Waals surface area contributed by atoms with Crippen molar-refractivity contribution in [2.45, 2.75) is 33.1 Å². The number of carbonyl (C=O) groups excluding carboxylic acids is 1. The largest absolute Gasteiger partial charge is 0.294 e. The lowest BCUT2D eigenvalue weighted by atomic mass is 9.94. The number of rotatable bonds is 1. The Hall–Kier alpha value is -1.90. The average Bonchev–Trinajstić information content (AvgIpc) is 2.69. The first-order valence-electron chi connectivity index (χ1n) is 6.35. The predicted molar refractivity (Wildman–Crippen MR) is 70.3 cm³/mol. The van der Waals surface area contributed by atoms with E-state index < -0.39 is 0 Å². The van der Waals surface area contributed by atoms with Crippen LogP contribution in [0.1, 0.15) is 40.2 Å². The van der Waals surface area contributed by atoms with Gasteiger partial charge in [-0.25, -0.2) is 4.68 Å². The first-order chi connectivity index (χ1) is 8.66. The number of fused-ring (bicyclic) bond motifs is 1. The highest BCUT2D eigenvalue weighted by molar-refractivity contribution is 5.99. The van der Waals surface area contributed by atoms with Crippen LogP contribution in [0.15, 0.2) is 24.3 Å². The van der Waals surface area contributed by atoms with Gasteiger partial charge in [-0.3, -0.25) is 4.79 Å². The molecular weight excluding hydrogens is 224 g/mol. The Balaban J connectivity index is 2.16. The van der Waals surface area contributed by atoms with Crippen molar-refractivity contribution in [3.63, 3.8) is 0 Å². The van der Waals surface area contributed by atoms with E-state index in [0.717, 1.165) is 35.5 Å². The van der Waals surface area contributed by atoms with E-state index in [0.29, 0.717) is 6.42 Å². The smallest absolute Gasteiger partial charge is 0.166 e.